The third kappa shape index (κ3) is 4.14. The van der Waals surface area contributed by atoms with E-state index in [4.69, 9.17) is 21.1 Å². The van der Waals surface area contributed by atoms with Gasteiger partial charge < -0.3 is 19.5 Å². The molecule has 162 valence electrons. The van der Waals surface area contributed by atoms with Crippen LogP contribution in [0.25, 0.3) is 0 Å². The summed E-state index contributed by atoms with van der Waals surface area (Å²) in [6, 6.07) is 5.30. The standard InChI is InChI=1S/C24H30ClNO4/c1-5-16(3)24(13-25)14-26(12-18-7-9-19(18)21(27)6-2)20-11-17(23(28)29-4)8-10-22(20)30-15-24/h5-6,8,10-11,18-19,21,27H,1-3,7,9,12-15H2,4H3/t18?,19?,21-,24?/m0/s1. The van der Waals surface area contributed by atoms with Gasteiger partial charge in [0.25, 0.3) is 0 Å². The van der Waals surface area contributed by atoms with Gasteiger partial charge in [0.15, 0.2) is 0 Å². The minimum Gasteiger partial charge on any atom is -0.490 e. The number of benzene rings is 1. The summed E-state index contributed by atoms with van der Waals surface area (Å²) in [5.41, 5.74) is 1.59. The molecule has 1 N–H and O–H groups in total. The van der Waals surface area contributed by atoms with Gasteiger partial charge in [-0.25, -0.2) is 4.79 Å². The van der Waals surface area contributed by atoms with Crippen molar-refractivity contribution < 1.29 is 19.4 Å². The molecule has 6 heteroatoms. The number of esters is 1. The van der Waals surface area contributed by atoms with Crippen molar-refractivity contribution in [3.05, 3.63) is 61.2 Å². The molecule has 1 fully saturated rings. The van der Waals surface area contributed by atoms with Gasteiger partial charge in [-0.15, -0.1) is 18.2 Å². The zero-order chi connectivity index (χ0) is 21.9. The number of allylic oxidation sites excluding steroid dienone is 1. The highest BCUT2D eigenvalue weighted by molar-refractivity contribution is 6.18. The van der Waals surface area contributed by atoms with Crippen molar-refractivity contribution in [1.29, 1.82) is 0 Å². The molecule has 0 amide bonds. The van der Waals surface area contributed by atoms with Crippen molar-refractivity contribution in [1.82, 2.24) is 0 Å². The molecule has 1 saturated carbocycles. The van der Waals surface area contributed by atoms with E-state index in [0.29, 0.717) is 42.8 Å². The number of rotatable bonds is 8. The fraction of sp³-hybridized carbons (Fsp3) is 0.458. The first-order valence-electron chi connectivity index (χ1n) is 10.2. The second-order valence-electron chi connectivity index (χ2n) is 8.21. The van der Waals surface area contributed by atoms with Crippen molar-refractivity contribution >= 4 is 23.3 Å². The molecule has 2 aliphatic rings. The average Bonchev–Trinajstić information content (AvgIpc) is 2.92. The molecule has 3 unspecified atom stereocenters. The maximum absolute atomic E-state index is 12.1. The number of hydrogen-bond donors (Lipinski definition) is 1. The van der Waals surface area contributed by atoms with Gasteiger partial charge in [-0.1, -0.05) is 25.3 Å². The van der Waals surface area contributed by atoms with Gasteiger partial charge in [0.05, 0.1) is 29.9 Å². The lowest BCUT2D eigenvalue weighted by Crippen LogP contribution is -2.47. The summed E-state index contributed by atoms with van der Waals surface area (Å²) in [6.45, 7) is 13.4. The Hall–Kier alpha value is -2.24. The van der Waals surface area contributed by atoms with Crippen molar-refractivity contribution in [3.8, 4) is 5.75 Å². The van der Waals surface area contributed by atoms with Gasteiger partial charge in [0.1, 0.15) is 12.4 Å². The number of aliphatic hydroxyl groups is 1. The lowest BCUT2D eigenvalue weighted by atomic mass is 9.70. The number of hydrogen-bond acceptors (Lipinski definition) is 5. The van der Waals surface area contributed by atoms with Crippen LogP contribution in [0.15, 0.2) is 55.7 Å². The first kappa shape index (κ1) is 22.4. The molecule has 0 bridgehead atoms. The van der Waals surface area contributed by atoms with Crippen LogP contribution >= 0.6 is 11.6 Å². The third-order valence-electron chi connectivity index (χ3n) is 6.51. The van der Waals surface area contributed by atoms with E-state index >= 15 is 0 Å². The number of ether oxygens (including phenoxy) is 2. The smallest absolute Gasteiger partial charge is 0.337 e. The van der Waals surface area contributed by atoms with Crippen LogP contribution in [-0.4, -0.2) is 49.9 Å². The quantitative estimate of drug-likeness (QED) is 0.289. The van der Waals surface area contributed by atoms with Crippen LogP contribution in [-0.2, 0) is 4.74 Å². The zero-order valence-electron chi connectivity index (χ0n) is 17.5. The second-order valence-corrected chi connectivity index (χ2v) is 8.48. The number of anilines is 1. The summed E-state index contributed by atoms with van der Waals surface area (Å²) in [5.74, 6) is 1.09. The number of methoxy groups -OCH3 is 1. The molecular weight excluding hydrogens is 402 g/mol. The van der Waals surface area contributed by atoms with Gasteiger partial charge >= 0.3 is 5.97 Å². The molecule has 1 aromatic rings. The van der Waals surface area contributed by atoms with E-state index in [1.807, 2.05) is 0 Å². The van der Waals surface area contributed by atoms with E-state index in [1.165, 1.54) is 7.11 Å². The summed E-state index contributed by atoms with van der Waals surface area (Å²) in [6.07, 6.45) is 4.81. The minimum atomic E-state index is -0.520. The number of halogens is 1. The second kappa shape index (κ2) is 9.27. The molecule has 0 aromatic heterocycles. The maximum atomic E-state index is 12.1. The largest absolute Gasteiger partial charge is 0.490 e. The Morgan fingerprint density at radius 2 is 2.23 bits per heavy atom. The van der Waals surface area contributed by atoms with Crippen LogP contribution in [0.2, 0.25) is 0 Å². The molecule has 3 rings (SSSR count). The van der Waals surface area contributed by atoms with Gasteiger partial charge in [-0.05, 0) is 48.4 Å². The van der Waals surface area contributed by atoms with Crippen LogP contribution in [0.3, 0.4) is 0 Å². The number of nitrogens with zero attached hydrogens (tertiary/aromatic N) is 1. The molecule has 1 aliphatic heterocycles. The fourth-order valence-corrected chi connectivity index (χ4v) is 4.65. The minimum absolute atomic E-state index is 0.173. The number of fused-ring (bicyclic) bond motifs is 1. The van der Waals surface area contributed by atoms with Crippen molar-refractivity contribution in [2.75, 3.05) is 37.6 Å². The third-order valence-corrected chi connectivity index (χ3v) is 7.02. The molecular formula is C24H30ClNO4. The topological polar surface area (TPSA) is 59.0 Å². The van der Waals surface area contributed by atoms with E-state index < -0.39 is 17.5 Å². The highest BCUT2D eigenvalue weighted by Crippen LogP contribution is 2.44. The highest BCUT2D eigenvalue weighted by atomic mass is 35.5. The summed E-state index contributed by atoms with van der Waals surface area (Å²) >= 11 is 6.44. The Kier molecular flexibility index (Phi) is 6.94. The van der Waals surface area contributed by atoms with Gasteiger partial charge in [-0.3, -0.25) is 0 Å². The first-order chi connectivity index (χ1) is 14.4. The first-order valence-corrected chi connectivity index (χ1v) is 10.7. The average molecular weight is 432 g/mol. The van der Waals surface area contributed by atoms with Gasteiger partial charge in [0.2, 0.25) is 0 Å². The van der Waals surface area contributed by atoms with E-state index in [9.17, 15) is 9.90 Å². The van der Waals surface area contributed by atoms with Gasteiger partial charge in [-0.2, -0.15) is 0 Å². The summed E-state index contributed by atoms with van der Waals surface area (Å²) in [7, 11) is 1.37. The zero-order valence-corrected chi connectivity index (χ0v) is 18.2. The Morgan fingerprint density at radius 1 is 1.47 bits per heavy atom. The number of carbonyl (C=O) groups excluding carboxylic acids is 1. The maximum Gasteiger partial charge on any atom is 0.337 e. The molecule has 4 atom stereocenters. The van der Waals surface area contributed by atoms with E-state index in [-0.39, 0.29) is 5.92 Å². The normalized spacial score (nSPS) is 26.3. The SMILES string of the molecule is C=CC(=C)C1(CCl)COc2ccc(C(=O)OC)cc2N(CC2CCC2[C@@H](O)C=C)C1. The van der Waals surface area contributed by atoms with Crippen LogP contribution in [0, 0.1) is 17.3 Å². The monoisotopic (exact) mass is 431 g/mol. The molecule has 5 nitrogen and oxygen atoms in total. The Morgan fingerprint density at radius 3 is 2.80 bits per heavy atom. The highest BCUT2D eigenvalue weighted by Gasteiger charge is 2.41. The fourth-order valence-electron chi connectivity index (χ4n) is 4.31. The van der Waals surface area contributed by atoms with Crippen LogP contribution < -0.4 is 9.64 Å². The Bertz CT molecular complexity index is 838. The number of alkyl halides is 1. The molecule has 0 radical (unpaired) electrons. The van der Waals surface area contributed by atoms with Crippen molar-refractivity contribution in [3.63, 3.8) is 0 Å². The van der Waals surface area contributed by atoms with E-state index in [1.54, 1.807) is 30.4 Å². The molecule has 1 heterocycles. The predicted octanol–water partition coefficient (Wildman–Crippen LogP) is 4.21. The predicted molar refractivity (Wildman–Crippen MR) is 120 cm³/mol. The number of carbonyl (C=O) groups is 1. The lowest BCUT2D eigenvalue weighted by molar-refractivity contribution is 0.0460. The lowest BCUT2D eigenvalue weighted by Gasteiger charge is -2.44. The molecule has 1 aromatic carbocycles. The summed E-state index contributed by atoms with van der Waals surface area (Å²) in [5, 5.41) is 10.3. The van der Waals surface area contributed by atoms with Crippen molar-refractivity contribution in [2.45, 2.75) is 18.9 Å². The van der Waals surface area contributed by atoms with Gasteiger partial charge in [0, 0.05) is 19.0 Å². The number of aliphatic hydroxyl groups excluding tert-OH is 1. The van der Waals surface area contributed by atoms with E-state index in [0.717, 1.165) is 24.1 Å². The van der Waals surface area contributed by atoms with Crippen LogP contribution in [0.5, 0.6) is 5.75 Å². The summed E-state index contributed by atoms with van der Waals surface area (Å²) in [4.78, 5) is 14.3. The molecule has 1 aliphatic carbocycles. The molecule has 0 saturated heterocycles. The van der Waals surface area contributed by atoms with Crippen molar-refractivity contribution in [2.24, 2.45) is 17.3 Å². The van der Waals surface area contributed by atoms with Crippen LogP contribution in [0.4, 0.5) is 5.69 Å². The molecule has 0 spiro atoms. The Labute approximate surface area is 183 Å². The Balaban J connectivity index is 1.99. The molecule has 30 heavy (non-hydrogen) atoms. The van der Waals surface area contributed by atoms with Crippen LogP contribution in [0.1, 0.15) is 23.2 Å². The summed E-state index contributed by atoms with van der Waals surface area (Å²) < 4.78 is 11.1. The van der Waals surface area contributed by atoms with E-state index in [2.05, 4.69) is 24.6 Å².